The SMILES string of the molecule is Nc1nc(C2OC[C@H](O)[C@@H]2O)nc2nc[nH]c12. The van der Waals surface area contributed by atoms with E-state index in [4.69, 9.17) is 10.5 Å². The first-order valence-electron chi connectivity index (χ1n) is 5.11. The number of imidazole rings is 1. The molecule has 0 radical (unpaired) electrons. The number of nitrogens with zero attached hydrogens (tertiary/aromatic N) is 3. The summed E-state index contributed by atoms with van der Waals surface area (Å²) in [5, 5.41) is 19.1. The van der Waals surface area contributed by atoms with Gasteiger partial charge in [0.1, 0.15) is 23.8 Å². The van der Waals surface area contributed by atoms with Crippen molar-refractivity contribution < 1.29 is 14.9 Å². The van der Waals surface area contributed by atoms with Gasteiger partial charge in [-0.2, -0.15) is 0 Å². The number of aliphatic hydroxyl groups is 2. The molecule has 17 heavy (non-hydrogen) atoms. The van der Waals surface area contributed by atoms with Gasteiger partial charge in [0.05, 0.1) is 12.9 Å². The molecule has 8 nitrogen and oxygen atoms in total. The molecule has 3 rings (SSSR count). The summed E-state index contributed by atoms with van der Waals surface area (Å²) in [6.07, 6.45) is -1.29. The van der Waals surface area contributed by atoms with Gasteiger partial charge in [-0.25, -0.2) is 15.0 Å². The second-order valence-corrected chi connectivity index (χ2v) is 3.88. The van der Waals surface area contributed by atoms with Crippen LogP contribution in [0.1, 0.15) is 11.9 Å². The molecule has 1 aliphatic heterocycles. The van der Waals surface area contributed by atoms with Crippen molar-refractivity contribution in [3.63, 3.8) is 0 Å². The molecule has 0 bridgehead atoms. The van der Waals surface area contributed by atoms with Gasteiger partial charge in [0.25, 0.3) is 0 Å². The Morgan fingerprint density at radius 3 is 2.94 bits per heavy atom. The fraction of sp³-hybridized carbons (Fsp3) is 0.444. The van der Waals surface area contributed by atoms with Crippen LogP contribution in [0, 0.1) is 0 Å². The molecular weight excluding hydrogens is 226 g/mol. The molecule has 5 N–H and O–H groups in total. The molecule has 0 spiro atoms. The molecule has 2 aromatic rings. The van der Waals surface area contributed by atoms with Gasteiger partial charge in [0.15, 0.2) is 17.3 Å². The Morgan fingerprint density at radius 1 is 1.41 bits per heavy atom. The van der Waals surface area contributed by atoms with Crippen LogP contribution in [0.25, 0.3) is 11.2 Å². The Kier molecular flexibility index (Phi) is 2.21. The van der Waals surface area contributed by atoms with Crippen LogP contribution in [-0.2, 0) is 4.74 Å². The van der Waals surface area contributed by atoms with Crippen LogP contribution in [-0.4, -0.2) is 49.0 Å². The number of nitrogens with one attached hydrogen (secondary N) is 1. The zero-order chi connectivity index (χ0) is 12.0. The zero-order valence-electron chi connectivity index (χ0n) is 8.74. The van der Waals surface area contributed by atoms with Gasteiger partial charge in [-0.1, -0.05) is 0 Å². The predicted molar refractivity (Wildman–Crippen MR) is 56.8 cm³/mol. The minimum absolute atomic E-state index is 0.0493. The van der Waals surface area contributed by atoms with Gasteiger partial charge in [0, 0.05) is 0 Å². The summed E-state index contributed by atoms with van der Waals surface area (Å²) in [6, 6.07) is 0. The van der Waals surface area contributed by atoms with E-state index in [-0.39, 0.29) is 18.2 Å². The van der Waals surface area contributed by atoms with E-state index in [1.54, 1.807) is 0 Å². The van der Waals surface area contributed by atoms with Gasteiger partial charge in [0.2, 0.25) is 0 Å². The predicted octanol–water partition coefficient (Wildman–Crippen LogP) is -1.27. The first-order valence-corrected chi connectivity index (χ1v) is 5.11. The summed E-state index contributed by atoms with van der Waals surface area (Å²) in [5.74, 6) is 0.464. The lowest BCUT2D eigenvalue weighted by Gasteiger charge is -2.13. The molecule has 1 saturated heterocycles. The molecule has 0 aliphatic carbocycles. The van der Waals surface area contributed by atoms with Gasteiger partial charge < -0.3 is 25.7 Å². The van der Waals surface area contributed by atoms with E-state index in [2.05, 4.69) is 19.9 Å². The molecule has 2 aromatic heterocycles. The molecule has 0 amide bonds. The van der Waals surface area contributed by atoms with Crippen LogP contribution in [0.2, 0.25) is 0 Å². The minimum Gasteiger partial charge on any atom is -0.388 e. The van der Waals surface area contributed by atoms with Gasteiger partial charge in [-0.15, -0.1) is 0 Å². The highest BCUT2D eigenvalue weighted by Gasteiger charge is 2.38. The first-order chi connectivity index (χ1) is 8.16. The summed E-state index contributed by atoms with van der Waals surface area (Å²) < 4.78 is 5.23. The Bertz CT molecular complexity index is 557. The molecule has 0 saturated carbocycles. The molecule has 0 aromatic carbocycles. The van der Waals surface area contributed by atoms with Crippen LogP contribution >= 0.6 is 0 Å². The number of hydrogen-bond donors (Lipinski definition) is 4. The molecule has 90 valence electrons. The van der Waals surface area contributed by atoms with Crippen molar-refractivity contribution >= 4 is 17.0 Å². The lowest BCUT2D eigenvalue weighted by molar-refractivity contribution is 0.0185. The number of aliphatic hydroxyl groups excluding tert-OH is 2. The number of aromatic amines is 1. The van der Waals surface area contributed by atoms with Crippen LogP contribution in [0.3, 0.4) is 0 Å². The maximum absolute atomic E-state index is 9.70. The number of H-pyrrole nitrogens is 1. The molecule has 1 aliphatic rings. The standard InChI is InChI=1S/C9H11N5O3/c10-7-4-8(12-2-11-4)14-9(13-7)6-5(16)3(15)1-17-6/h2-3,5-6,15-16H,1H2,(H3,10,11,12,13,14)/t3-,5-,6?/m0/s1. The topological polar surface area (TPSA) is 130 Å². The average molecular weight is 237 g/mol. The number of ether oxygens (including phenoxy) is 1. The lowest BCUT2D eigenvalue weighted by atomic mass is 10.1. The van der Waals surface area contributed by atoms with E-state index in [1.807, 2.05) is 0 Å². The molecule has 1 fully saturated rings. The summed E-state index contributed by atoms with van der Waals surface area (Å²) in [7, 11) is 0. The zero-order valence-corrected chi connectivity index (χ0v) is 8.74. The van der Waals surface area contributed by atoms with E-state index in [9.17, 15) is 10.2 Å². The van der Waals surface area contributed by atoms with Crippen LogP contribution in [0.15, 0.2) is 6.33 Å². The van der Waals surface area contributed by atoms with E-state index >= 15 is 0 Å². The van der Waals surface area contributed by atoms with Gasteiger partial charge in [-0.3, -0.25) is 0 Å². The van der Waals surface area contributed by atoms with E-state index in [0.29, 0.717) is 11.2 Å². The van der Waals surface area contributed by atoms with E-state index in [0.717, 1.165) is 0 Å². The number of anilines is 1. The highest BCUT2D eigenvalue weighted by molar-refractivity contribution is 5.80. The average Bonchev–Trinajstić information content (AvgIpc) is 2.88. The number of nitrogen functional groups attached to an aromatic ring is 1. The number of nitrogens with two attached hydrogens (primary N) is 1. The molecule has 1 unspecified atom stereocenters. The van der Waals surface area contributed by atoms with Crippen molar-refractivity contribution in [1.82, 2.24) is 19.9 Å². The molecular formula is C9H11N5O3. The molecule has 8 heteroatoms. The Labute approximate surface area is 95.5 Å². The van der Waals surface area contributed by atoms with Crippen molar-refractivity contribution in [1.29, 1.82) is 0 Å². The minimum atomic E-state index is -1.05. The number of rotatable bonds is 1. The summed E-state index contributed by atoms with van der Waals surface area (Å²) in [4.78, 5) is 15.0. The third kappa shape index (κ3) is 1.54. The van der Waals surface area contributed by atoms with E-state index in [1.165, 1.54) is 6.33 Å². The van der Waals surface area contributed by atoms with Gasteiger partial charge in [-0.05, 0) is 0 Å². The molecule has 3 atom stereocenters. The van der Waals surface area contributed by atoms with Gasteiger partial charge >= 0.3 is 0 Å². The Morgan fingerprint density at radius 2 is 2.24 bits per heavy atom. The normalized spacial score (nSPS) is 28.9. The Balaban J connectivity index is 2.06. The maximum Gasteiger partial charge on any atom is 0.183 e. The van der Waals surface area contributed by atoms with Crippen LogP contribution in [0.4, 0.5) is 5.82 Å². The molecule has 3 heterocycles. The van der Waals surface area contributed by atoms with Crippen LogP contribution < -0.4 is 5.73 Å². The number of fused-ring (bicyclic) bond motifs is 1. The smallest absolute Gasteiger partial charge is 0.183 e. The van der Waals surface area contributed by atoms with Crippen molar-refractivity contribution in [3.05, 3.63) is 12.2 Å². The first kappa shape index (κ1) is 10.4. The van der Waals surface area contributed by atoms with Crippen molar-refractivity contribution in [2.75, 3.05) is 12.3 Å². The summed E-state index contributed by atoms with van der Waals surface area (Å²) in [5.41, 5.74) is 6.68. The monoisotopic (exact) mass is 237 g/mol. The Hall–Kier alpha value is -1.77. The number of aromatic nitrogens is 4. The highest BCUT2D eigenvalue weighted by Crippen LogP contribution is 2.28. The quantitative estimate of drug-likeness (QED) is 0.486. The largest absolute Gasteiger partial charge is 0.388 e. The summed E-state index contributed by atoms with van der Waals surface area (Å²) >= 11 is 0. The fourth-order valence-electron chi connectivity index (χ4n) is 1.83. The summed E-state index contributed by atoms with van der Waals surface area (Å²) in [6.45, 7) is 0.0493. The fourth-order valence-corrected chi connectivity index (χ4v) is 1.83. The third-order valence-corrected chi connectivity index (χ3v) is 2.74. The second-order valence-electron chi connectivity index (χ2n) is 3.88. The van der Waals surface area contributed by atoms with Crippen molar-refractivity contribution in [3.8, 4) is 0 Å². The maximum atomic E-state index is 9.70. The third-order valence-electron chi connectivity index (χ3n) is 2.74. The lowest BCUT2D eigenvalue weighted by Crippen LogP contribution is -2.26. The highest BCUT2D eigenvalue weighted by atomic mass is 16.5. The van der Waals surface area contributed by atoms with Crippen molar-refractivity contribution in [2.24, 2.45) is 0 Å². The van der Waals surface area contributed by atoms with E-state index < -0.39 is 18.3 Å². The number of hydrogen-bond acceptors (Lipinski definition) is 7. The van der Waals surface area contributed by atoms with Crippen molar-refractivity contribution in [2.45, 2.75) is 18.3 Å². The van der Waals surface area contributed by atoms with Crippen LogP contribution in [0.5, 0.6) is 0 Å². The second kappa shape index (κ2) is 3.62.